The highest BCUT2D eigenvalue weighted by molar-refractivity contribution is 7.09. The number of nitrogens with zero attached hydrogens (tertiary/aromatic N) is 5. The summed E-state index contributed by atoms with van der Waals surface area (Å²) < 4.78 is 34.2. The quantitative estimate of drug-likeness (QED) is 0.305. The molecule has 2 aliphatic heterocycles. The molecular weight excluding hydrogens is 571 g/mol. The summed E-state index contributed by atoms with van der Waals surface area (Å²) in [5, 5.41) is 15.3. The van der Waals surface area contributed by atoms with E-state index < -0.39 is 23.5 Å². The van der Waals surface area contributed by atoms with Gasteiger partial charge in [-0.25, -0.2) is 14.2 Å². The van der Waals surface area contributed by atoms with Crippen molar-refractivity contribution in [2.75, 3.05) is 37.7 Å². The molecule has 10 nitrogen and oxygen atoms in total. The number of aromatic nitrogens is 4. The normalized spacial score (nSPS) is 16.3. The molecule has 4 aromatic rings. The molecule has 1 atom stereocenters. The number of hydrogen-bond donors (Lipinski definition) is 2. The van der Waals surface area contributed by atoms with Gasteiger partial charge in [0.1, 0.15) is 5.65 Å². The number of pyridine rings is 1. The van der Waals surface area contributed by atoms with Crippen LogP contribution in [0.15, 0.2) is 12.1 Å². The van der Waals surface area contributed by atoms with E-state index in [4.69, 9.17) is 23.8 Å². The molecule has 2 N–H and O–H groups in total. The lowest BCUT2D eigenvalue weighted by Gasteiger charge is -2.29. The van der Waals surface area contributed by atoms with E-state index in [2.05, 4.69) is 10.2 Å². The van der Waals surface area contributed by atoms with Gasteiger partial charge in [0.2, 0.25) is 5.13 Å². The average molecular weight is 609 g/mol. The Morgan fingerprint density at radius 3 is 2.65 bits per heavy atom. The zero-order valence-electron chi connectivity index (χ0n) is 25.4. The minimum absolute atomic E-state index is 0.276. The van der Waals surface area contributed by atoms with E-state index in [0.29, 0.717) is 52.3 Å². The minimum Gasteiger partial charge on any atom is -0.490 e. The lowest BCUT2D eigenvalue weighted by Crippen LogP contribution is -2.43. The van der Waals surface area contributed by atoms with Gasteiger partial charge in [0.15, 0.2) is 23.5 Å². The Balaban J connectivity index is 1.62. The zero-order chi connectivity index (χ0) is 30.6. The van der Waals surface area contributed by atoms with Crippen LogP contribution in [0.1, 0.15) is 55.7 Å². The SMILES string of the molecule is Cc1nc2c(cc(-c3nsc(N4CCNCC4)n3)n2C)c(-c2cc(F)c3c(c2C)CCCO3)c1[C@H](OC(C)(C)C)C(=O)O. The Kier molecular flexibility index (Phi) is 7.64. The number of carbonyl (C=O) groups is 1. The molecule has 1 saturated heterocycles. The molecular formula is C31H37FN6O4S. The number of anilines is 1. The zero-order valence-corrected chi connectivity index (χ0v) is 26.2. The van der Waals surface area contributed by atoms with Crippen molar-refractivity contribution in [1.29, 1.82) is 0 Å². The number of carboxylic acid groups (broad SMARTS) is 1. The second kappa shape index (κ2) is 11.1. The number of nitrogens with one attached hydrogen (secondary N) is 1. The van der Waals surface area contributed by atoms with Crippen molar-refractivity contribution in [2.24, 2.45) is 7.05 Å². The van der Waals surface area contributed by atoms with Crippen LogP contribution < -0.4 is 15.0 Å². The number of aryl methyl sites for hydroxylation is 2. The van der Waals surface area contributed by atoms with E-state index in [9.17, 15) is 9.90 Å². The third-order valence-electron chi connectivity index (χ3n) is 8.10. The summed E-state index contributed by atoms with van der Waals surface area (Å²) in [5.74, 6) is -0.771. The smallest absolute Gasteiger partial charge is 0.337 e. The highest BCUT2D eigenvalue weighted by Gasteiger charge is 2.35. The monoisotopic (exact) mass is 608 g/mol. The summed E-state index contributed by atoms with van der Waals surface area (Å²) in [6.07, 6.45) is 0.119. The highest BCUT2D eigenvalue weighted by Crippen LogP contribution is 2.45. The van der Waals surface area contributed by atoms with Crippen molar-refractivity contribution in [3.8, 4) is 28.4 Å². The number of aliphatic carboxylic acids is 1. The van der Waals surface area contributed by atoms with Crippen LogP contribution in [0.3, 0.4) is 0 Å². The van der Waals surface area contributed by atoms with Crippen LogP contribution in [0.2, 0.25) is 0 Å². The van der Waals surface area contributed by atoms with Gasteiger partial charge in [-0.3, -0.25) is 0 Å². The maximum absolute atomic E-state index is 15.7. The molecule has 5 heterocycles. The van der Waals surface area contributed by atoms with Crippen LogP contribution in [-0.4, -0.2) is 68.4 Å². The topological polar surface area (TPSA) is 115 Å². The van der Waals surface area contributed by atoms with Crippen molar-refractivity contribution in [3.05, 3.63) is 40.3 Å². The molecule has 0 unspecified atom stereocenters. The van der Waals surface area contributed by atoms with Crippen molar-refractivity contribution >= 4 is 33.7 Å². The van der Waals surface area contributed by atoms with Crippen molar-refractivity contribution in [3.63, 3.8) is 0 Å². The van der Waals surface area contributed by atoms with Crippen LogP contribution in [-0.2, 0) is 23.0 Å². The number of ether oxygens (including phenoxy) is 2. The molecule has 43 heavy (non-hydrogen) atoms. The summed E-state index contributed by atoms with van der Waals surface area (Å²) in [6, 6.07) is 3.40. The van der Waals surface area contributed by atoms with Crippen molar-refractivity contribution < 1.29 is 23.8 Å². The molecule has 0 radical (unpaired) electrons. The van der Waals surface area contributed by atoms with Crippen LogP contribution >= 0.6 is 11.5 Å². The van der Waals surface area contributed by atoms with E-state index in [1.807, 2.05) is 45.4 Å². The molecule has 1 aromatic carbocycles. The maximum Gasteiger partial charge on any atom is 0.337 e. The Hall–Kier alpha value is -3.61. The molecule has 228 valence electrons. The van der Waals surface area contributed by atoms with Crippen molar-refractivity contribution in [1.82, 2.24) is 24.2 Å². The number of rotatable bonds is 6. The van der Waals surface area contributed by atoms with Crippen molar-refractivity contribution in [2.45, 2.75) is 59.2 Å². The van der Waals surface area contributed by atoms with E-state index in [-0.39, 0.29) is 5.75 Å². The molecule has 0 spiro atoms. The molecule has 2 aliphatic rings. The molecule has 1 fully saturated rings. The summed E-state index contributed by atoms with van der Waals surface area (Å²) in [7, 11) is 1.90. The molecule has 3 aromatic heterocycles. The third-order valence-corrected chi connectivity index (χ3v) is 8.88. The molecule has 0 amide bonds. The average Bonchev–Trinajstić information content (AvgIpc) is 3.58. The fraction of sp³-hybridized carbons (Fsp3) is 0.484. The van der Waals surface area contributed by atoms with Gasteiger partial charge < -0.3 is 29.4 Å². The Morgan fingerprint density at radius 1 is 1.21 bits per heavy atom. The van der Waals surface area contributed by atoms with Crippen LogP contribution in [0.4, 0.5) is 9.52 Å². The third kappa shape index (κ3) is 5.36. The van der Waals surface area contributed by atoms with Crippen LogP contribution in [0, 0.1) is 19.7 Å². The number of carboxylic acids is 1. The summed E-state index contributed by atoms with van der Waals surface area (Å²) >= 11 is 1.35. The summed E-state index contributed by atoms with van der Waals surface area (Å²) in [4.78, 5) is 24.8. The van der Waals surface area contributed by atoms with Crippen LogP contribution in [0.5, 0.6) is 5.75 Å². The molecule has 12 heteroatoms. The molecule has 6 rings (SSSR count). The first-order valence-electron chi connectivity index (χ1n) is 14.6. The van der Waals surface area contributed by atoms with Gasteiger partial charge in [0.05, 0.1) is 17.9 Å². The summed E-state index contributed by atoms with van der Waals surface area (Å²) in [5.41, 5.74) is 4.33. The van der Waals surface area contributed by atoms with E-state index in [1.54, 1.807) is 6.92 Å². The fourth-order valence-electron chi connectivity index (χ4n) is 6.09. The van der Waals surface area contributed by atoms with Gasteiger partial charge in [-0.15, -0.1) is 0 Å². The second-order valence-corrected chi connectivity index (χ2v) is 12.9. The lowest BCUT2D eigenvalue weighted by molar-refractivity contribution is -0.160. The number of piperazine rings is 1. The van der Waals surface area contributed by atoms with E-state index >= 15 is 4.39 Å². The van der Waals surface area contributed by atoms with Gasteiger partial charge in [0.25, 0.3) is 0 Å². The first-order chi connectivity index (χ1) is 20.4. The number of benzene rings is 1. The van der Waals surface area contributed by atoms with Gasteiger partial charge >= 0.3 is 5.97 Å². The first kappa shape index (κ1) is 29.5. The number of halogens is 1. The number of fused-ring (bicyclic) bond motifs is 2. The molecule has 0 bridgehead atoms. The van der Waals surface area contributed by atoms with Gasteiger partial charge in [-0.05, 0) is 70.7 Å². The largest absolute Gasteiger partial charge is 0.490 e. The second-order valence-electron chi connectivity index (χ2n) is 12.2. The van der Waals surface area contributed by atoms with Gasteiger partial charge in [-0.2, -0.15) is 9.36 Å². The highest BCUT2D eigenvalue weighted by atomic mass is 32.1. The fourth-order valence-corrected chi connectivity index (χ4v) is 6.82. The van der Waals surface area contributed by atoms with E-state index in [0.717, 1.165) is 54.6 Å². The summed E-state index contributed by atoms with van der Waals surface area (Å²) in [6.45, 7) is 13.1. The minimum atomic E-state index is -1.33. The Labute approximate surface area is 254 Å². The first-order valence-corrected chi connectivity index (χ1v) is 15.4. The predicted molar refractivity (Wildman–Crippen MR) is 165 cm³/mol. The van der Waals surface area contributed by atoms with E-state index in [1.165, 1.54) is 17.6 Å². The van der Waals surface area contributed by atoms with Gasteiger partial charge in [0, 0.05) is 72.5 Å². The molecule has 0 saturated carbocycles. The van der Waals surface area contributed by atoms with Crippen LogP contribution in [0.25, 0.3) is 33.7 Å². The number of hydrogen-bond acceptors (Lipinski definition) is 9. The Morgan fingerprint density at radius 2 is 1.95 bits per heavy atom. The van der Waals surface area contributed by atoms with Gasteiger partial charge in [-0.1, -0.05) is 0 Å². The lowest BCUT2D eigenvalue weighted by atomic mass is 9.86. The predicted octanol–water partition coefficient (Wildman–Crippen LogP) is 5.19. The molecule has 0 aliphatic carbocycles. The Bertz CT molecular complexity index is 1720. The standard InChI is InChI=1S/C31H37FN6O4S/c1-16-18-8-7-13-41-25(18)21(32)14-19(16)24-20-15-22(27-35-30(43-36-27)38-11-9-33-10-12-38)37(6)28(20)34-17(2)23(24)26(29(39)40)42-31(3,4)5/h14-15,26,33H,7-13H2,1-6H3,(H,39,40)/t26-/m0/s1. The maximum atomic E-state index is 15.7.